The third-order valence-corrected chi connectivity index (χ3v) is 5.91. The minimum Gasteiger partial charge on any atom is -0.356 e. The highest BCUT2D eigenvalue weighted by Gasteiger charge is 2.42. The van der Waals surface area contributed by atoms with Crippen LogP contribution in [0, 0.1) is 0 Å². The second-order valence-electron chi connectivity index (χ2n) is 6.23. The zero-order valence-electron chi connectivity index (χ0n) is 13.5. The molecule has 3 N–H and O–H groups in total. The maximum atomic E-state index is 11.7. The third-order valence-electron chi connectivity index (χ3n) is 4.40. The van der Waals surface area contributed by atoms with Crippen molar-refractivity contribution in [1.29, 1.82) is 0 Å². The maximum Gasteiger partial charge on any atom is 0.315 e. The highest BCUT2D eigenvalue weighted by Crippen LogP contribution is 2.33. The summed E-state index contributed by atoms with van der Waals surface area (Å²) >= 11 is 1.92. The van der Waals surface area contributed by atoms with Crippen LogP contribution in [0.1, 0.15) is 51.4 Å². The van der Waals surface area contributed by atoms with Crippen LogP contribution in [0.3, 0.4) is 0 Å². The average Bonchev–Trinajstić information content (AvgIpc) is 3.07. The molecule has 2 fully saturated rings. The Morgan fingerprint density at radius 2 is 2.09 bits per heavy atom. The highest BCUT2D eigenvalue weighted by molar-refractivity contribution is 8.00. The van der Waals surface area contributed by atoms with Gasteiger partial charge in [0, 0.05) is 30.4 Å². The molecule has 3 atom stereocenters. The average molecular weight is 341 g/mol. The molecule has 0 spiro atoms. The van der Waals surface area contributed by atoms with Gasteiger partial charge in [0.15, 0.2) is 0 Å². The van der Waals surface area contributed by atoms with E-state index in [-0.39, 0.29) is 24.0 Å². The Morgan fingerprint density at radius 1 is 1.22 bits per heavy atom. The van der Waals surface area contributed by atoms with Crippen molar-refractivity contribution < 1.29 is 14.4 Å². The van der Waals surface area contributed by atoms with Gasteiger partial charge in [0.05, 0.1) is 12.1 Å². The predicted molar refractivity (Wildman–Crippen MR) is 91.5 cm³/mol. The summed E-state index contributed by atoms with van der Waals surface area (Å²) in [5.41, 5.74) is 0. The molecular formula is C16H27N3O3S. The number of unbranched alkanes of at least 4 members (excludes halogenated alkanes) is 4. The Hall–Kier alpha value is -1.24. The van der Waals surface area contributed by atoms with Gasteiger partial charge >= 0.3 is 6.03 Å². The number of hydrogen-bond acceptors (Lipinski definition) is 4. The summed E-state index contributed by atoms with van der Waals surface area (Å²) in [5.74, 6) is 1.10. The molecule has 3 unspecified atom stereocenters. The molecule has 7 heteroatoms. The van der Waals surface area contributed by atoms with Crippen molar-refractivity contribution in [2.75, 3.05) is 12.3 Å². The van der Waals surface area contributed by atoms with E-state index in [4.69, 9.17) is 0 Å². The van der Waals surface area contributed by atoms with E-state index in [1.807, 2.05) is 11.8 Å². The quantitative estimate of drug-likeness (QED) is 0.302. The SMILES string of the molecule is O=CCCCCCNC(=O)CCCCC1SCC2NC(=O)NC21. The molecule has 0 aliphatic carbocycles. The summed E-state index contributed by atoms with van der Waals surface area (Å²) < 4.78 is 0. The fourth-order valence-electron chi connectivity index (χ4n) is 3.12. The van der Waals surface area contributed by atoms with E-state index < -0.39 is 0 Å². The molecule has 2 saturated heterocycles. The summed E-state index contributed by atoms with van der Waals surface area (Å²) in [4.78, 5) is 33.2. The van der Waals surface area contributed by atoms with Gasteiger partial charge in [-0.05, 0) is 25.7 Å². The number of fused-ring (bicyclic) bond motifs is 1. The summed E-state index contributed by atoms with van der Waals surface area (Å²) in [6.45, 7) is 0.706. The Kier molecular flexibility index (Phi) is 7.71. The van der Waals surface area contributed by atoms with Crippen LogP contribution >= 0.6 is 11.8 Å². The van der Waals surface area contributed by atoms with Crippen LogP contribution in [0.2, 0.25) is 0 Å². The van der Waals surface area contributed by atoms with Crippen molar-refractivity contribution in [3.05, 3.63) is 0 Å². The van der Waals surface area contributed by atoms with Gasteiger partial charge < -0.3 is 20.7 Å². The first-order chi connectivity index (χ1) is 11.2. The number of urea groups is 1. The van der Waals surface area contributed by atoms with Crippen LogP contribution in [0.4, 0.5) is 4.79 Å². The molecule has 0 radical (unpaired) electrons. The van der Waals surface area contributed by atoms with E-state index >= 15 is 0 Å². The first-order valence-electron chi connectivity index (χ1n) is 8.59. The molecule has 0 aromatic carbocycles. The number of hydrogen-bond donors (Lipinski definition) is 3. The molecule has 130 valence electrons. The molecule has 23 heavy (non-hydrogen) atoms. The van der Waals surface area contributed by atoms with E-state index in [0.29, 0.717) is 24.6 Å². The Labute approximate surface area is 141 Å². The Bertz CT molecular complexity index is 419. The van der Waals surface area contributed by atoms with Gasteiger partial charge in [0.25, 0.3) is 0 Å². The van der Waals surface area contributed by atoms with Crippen molar-refractivity contribution in [2.24, 2.45) is 0 Å². The number of carbonyl (C=O) groups is 3. The maximum absolute atomic E-state index is 11.7. The number of nitrogens with one attached hydrogen (secondary N) is 3. The lowest BCUT2D eigenvalue weighted by molar-refractivity contribution is -0.121. The van der Waals surface area contributed by atoms with Crippen molar-refractivity contribution in [3.8, 4) is 0 Å². The van der Waals surface area contributed by atoms with Crippen molar-refractivity contribution in [1.82, 2.24) is 16.0 Å². The normalized spacial score (nSPS) is 25.6. The van der Waals surface area contributed by atoms with Gasteiger partial charge in [-0.2, -0.15) is 11.8 Å². The first-order valence-corrected chi connectivity index (χ1v) is 9.64. The molecule has 6 nitrogen and oxygen atoms in total. The van der Waals surface area contributed by atoms with Gasteiger partial charge in [-0.1, -0.05) is 12.8 Å². The number of amides is 3. The second-order valence-corrected chi connectivity index (χ2v) is 7.51. The molecule has 2 rings (SSSR count). The molecule has 0 saturated carbocycles. The summed E-state index contributed by atoms with van der Waals surface area (Å²) in [7, 11) is 0. The van der Waals surface area contributed by atoms with E-state index in [2.05, 4.69) is 16.0 Å². The summed E-state index contributed by atoms with van der Waals surface area (Å²) in [6.07, 6.45) is 7.93. The molecule has 2 aliphatic heterocycles. The van der Waals surface area contributed by atoms with Gasteiger partial charge in [-0.3, -0.25) is 4.79 Å². The first kappa shape index (κ1) is 18.1. The summed E-state index contributed by atoms with van der Waals surface area (Å²) in [6, 6.07) is 0.491. The fourth-order valence-corrected chi connectivity index (χ4v) is 4.66. The number of rotatable bonds is 11. The van der Waals surface area contributed by atoms with E-state index in [1.54, 1.807) is 0 Å². The van der Waals surface area contributed by atoms with Gasteiger partial charge in [0.1, 0.15) is 6.29 Å². The molecule has 3 amide bonds. The lowest BCUT2D eigenvalue weighted by Crippen LogP contribution is -2.36. The van der Waals surface area contributed by atoms with Crippen molar-refractivity contribution in [3.63, 3.8) is 0 Å². The monoisotopic (exact) mass is 341 g/mol. The van der Waals surface area contributed by atoms with Crippen LogP contribution in [-0.4, -0.2) is 47.9 Å². The molecule has 0 aromatic heterocycles. The standard InChI is InChI=1S/C16H27N3O3S/c20-10-6-2-1-5-9-17-14(21)8-4-3-7-13-15-12(11-23-13)18-16(22)19-15/h10,12-13,15H,1-9,11H2,(H,17,21)(H2,18,19,22). The lowest BCUT2D eigenvalue weighted by Gasteiger charge is -2.16. The molecule has 2 aliphatic rings. The number of aldehydes is 1. The highest BCUT2D eigenvalue weighted by atomic mass is 32.2. The minimum absolute atomic E-state index is 0.0437. The molecule has 0 aromatic rings. The van der Waals surface area contributed by atoms with Crippen LogP contribution in [0.5, 0.6) is 0 Å². The number of thioether (sulfide) groups is 1. The Morgan fingerprint density at radius 3 is 2.91 bits per heavy atom. The molecule has 2 heterocycles. The van der Waals surface area contributed by atoms with Crippen LogP contribution in [0.15, 0.2) is 0 Å². The van der Waals surface area contributed by atoms with Gasteiger partial charge in [0.2, 0.25) is 5.91 Å². The van der Waals surface area contributed by atoms with E-state index in [9.17, 15) is 14.4 Å². The predicted octanol–water partition coefficient (Wildman–Crippen LogP) is 1.59. The molecular weight excluding hydrogens is 314 g/mol. The van der Waals surface area contributed by atoms with E-state index in [1.165, 1.54) is 0 Å². The zero-order chi connectivity index (χ0) is 16.5. The zero-order valence-corrected chi connectivity index (χ0v) is 14.3. The van der Waals surface area contributed by atoms with Crippen molar-refractivity contribution in [2.45, 2.75) is 68.7 Å². The lowest BCUT2D eigenvalue weighted by atomic mass is 10.0. The Balaban J connectivity index is 1.46. The van der Waals surface area contributed by atoms with Crippen molar-refractivity contribution >= 4 is 30.0 Å². The summed E-state index contributed by atoms with van der Waals surface area (Å²) in [5, 5.41) is 9.34. The smallest absolute Gasteiger partial charge is 0.315 e. The topological polar surface area (TPSA) is 87.3 Å². The van der Waals surface area contributed by atoms with Crippen LogP contribution < -0.4 is 16.0 Å². The fraction of sp³-hybridized carbons (Fsp3) is 0.812. The van der Waals surface area contributed by atoms with Gasteiger partial charge in [-0.15, -0.1) is 0 Å². The second kappa shape index (κ2) is 9.80. The van der Waals surface area contributed by atoms with Crippen LogP contribution in [-0.2, 0) is 9.59 Å². The van der Waals surface area contributed by atoms with E-state index in [0.717, 1.165) is 50.6 Å². The largest absolute Gasteiger partial charge is 0.356 e. The van der Waals surface area contributed by atoms with Gasteiger partial charge in [-0.25, -0.2) is 4.79 Å². The number of carbonyl (C=O) groups excluding carboxylic acids is 3. The molecule has 0 bridgehead atoms. The minimum atomic E-state index is -0.0437. The third kappa shape index (κ3) is 6.05. The van der Waals surface area contributed by atoms with Crippen LogP contribution in [0.25, 0.3) is 0 Å².